The zero-order valence-electron chi connectivity index (χ0n) is 15.8. The molecular weight excluding hydrogens is 372 g/mol. The summed E-state index contributed by atoms with van der Waals surface area (Å²) in [5.74, 6) is -0.268. The lowest BCUT2D eigenvalue weighted by Crippen LogP contribution is -2.24. The van der Waals surface area contributed by atoms with Crippen molar-refractivity contribution in [2.24, 2.45) is 0 Å². The van der Waals surface area contributed by atoms with Crippen LogP contribution in [0.5, 0.6) is 0 Å². The number of aromatic nitrogens is 2. The predicted molar refractivity (Wildman–Crippen MR) is 111 cm³/mol. The molecule has 0 spiro atoms. The smallest absolute Gasteiger partial charge is 0.251 e. The molecule has 0 saturated carbocycles. The molecule has 3 aromatic rings. The number of nitrogens with zero attached hydrogens (tertiary/aromatic N) is 2. The second kappa shape index (κ2) is 9.23. The number of carbonyl (C=O) groups excluding carboxylic acids is 2. The van der Waals surface area contributed by atoms with Crippen molar-refractivity contribution in [3.8, 4) is 0 Å². The Bertz CT molecular complexity index is 970. The van der Waals surface area contributed by atoms with Gasteiger partial charge in [0.2, 0.25) is 5.91 Å². The molecule has 28 heavy (non-hydrogen) atoms. The maximum Gasteiger partial charge on any atom is 0.251 e. The van der Waals surface area contributed by atoms with Crippen LogP contribution in [0.2, 0.25) is 0 Å². The van der Waals surface area contributed by atoms with Crippen LogP contribution in [0.1, 0.15) is 21.5 Å². The topological polar surface area (TPSA) is 76.0 Å². The van der Waals surface area contributed by atoms with Gasteiger partial charge in [-0.1, -0.05) is 18.2 Å². The first kappa shape index (κ1) is 19.7. The van der Waals surface area contributed by atoms with Crippen molar-refractivity contribution in [2.75, 3.05) is 11.6 Å². The number of carbonyl (C=O) groups is 2. The number of benzene rings is 2. The second-order valence-corrected chi connectivity index (χ2v) is 7.20. The minimum Gasteiger partial charge on any atom is -0.348 e. The number of thioether (sulfide) groups is 1. The van der Waals surface area contributed by atoms with Gasteiger partial charge >= 0.3 is 0 Å². The second-order valence-electron chi connectivity index (χ2n) is 6.32. The molecule has 0 saturated heterocycles. The minimum absolute atomic E-state index is 0.110. The van der Waals surface area contributed by atoms with E-state index < -0.39 is 0 Å². The van der Waals surface area contributed by atoms with E-state index in [0.717, 1.165) is 16.0 Å². The molecule has 0 fully saturated rings. The van der Waals surface area contributed by atoms with Crippen LogP contribution >= 0.6 is 11.8 Å². The molecule has 0 atom stereocenters. The number of anilines is 1. The first-order valence-corrected chi connectivity index (χ1v) is 10.1. The first-order chi connectivity index (χ1) is 13.5. The summed E-state index contributed by atoms with van der Waals surface area (Å²) in [5, 5.41) is 9.82. The summed E-state index contributed by atoms with van der Waals surface area (Å²) in [5.41, 5.74) is 3.21. The molecule has 0 bridgehead atoms. The molecule has 1 heterocycles. The molecule has 6 nitrogen and oxygen atoms in total. The van der Waals surface area contributed by atoms with Crippen LogP contribution in [-0.4, -0.2) is 27.9 Å². The number of aryl methyl sites for hydroxylation is 1. The van der Waals surface area contributed by atoms with Gasteiger partial charge < -0.3 is 10.6 Å². The molecule has 3 rings (SSSR count). The Morgan fingerprint density at radius 3 is 2.75 bits per heavy atom. The average Bonchev–Trinajstić information content (AvgIpc) is 3.19. The maximum absolute atomic E-state index is 12.5. The van der Waals surface area contributed by atoms with Crippen LogP contribution in [0.25, 0.3) is 0 Å². The van der Waals surface area contributed by atoms with Crippen molar-refractivity contribution in [1.29, 1.82) is 0 Å². The molecule has 0 aliphatic carbocycles. The molecule has 7 heteroatoms. The van der Waals surface area contributed by atoms with Crippen molar-refractivity contribution in [3.63, 3.8) is 0 Å². The molecule has 0 aliphatic heterocycles. The molecule has 1 aromatic heterocycles. The highest BCUT2D eigenvalue weighted by Crippen LogP contribution is 2.19. The normalized spacial score (nSPS) is 10.5. The number of hydrogen-bond donors (Lipinski definition) is 2. The van der Waals surface area contributed by atoms with Gasteiger partial charge in [0.05, 0.1) is 0 Å². The summed E-state index contributed by atoms with van der Waals surface area (Å²) >= 11 is 1.61. The standard InChI is InChI=1S/C21H22N4O2S/c1-15-7-8-18(28-2)12-19(15)21(27)22-13-16-5-3-6-17(11-16)24-20(26)14-25-10-4-9-23-25/h3-12H,13-14H2,1-2H3,(H,22,27)(H,24,26). The van der Waals surface area contributed by atoms with Crippen LogP contribution in [0, 0.1) is 6.92 Å². The highest BCUT2D eigenvalue weighted by molar-refractivity contribution is 7.98. The third kappa shape index (κ3) is 5.23. The predicted octanol–water partition coefficient (Wildman–Crippen LogP) is 3.48. The first-order valence-electron chi connectivity index (χ1n) is 8.84. The molecule has 0 unspecified atom stereocenters. The average molecular weight is 395 g/mol. The zero-order chi connectivity index (χ0) is 19.9. The van der Waals surface area contributed by atoms with Gasteiger partial charge in [-0.25, -0.2) is 0 Å². The van der Waals surface area contributed by atoms with E-state index in [4.69, 9.17) is 0 Å². The minimum atomic E-state index is -0.158. The van der Waals surface area contributed by atoms with Gasteiger partial charge in [0.15, 0.2) is 0 Å². The van der Waals surface area contributed by atoms with Crippen molar-refractivity contribution >= 4 is 29.3 Å². The largest absolute Gasteiger partial charge is 0.348 e. The Hall–Kier alpha value is -3.06. The molecule has 2 amide bonds. The maximum atomic E-state index is 12.5. The van der Waals surface area contributed by atoms with E-state index in [1.165, 1.54) is 0 Å². The third-order valence-corrected chi connectivity index (χ3v) is 4.94. The fraction of sp³-hybridized carbons (Fsp3) is 0.190. The summed E-state index contributed by atoms with van der Waals surface area (Å²) in [7, 11) is 0. The summed E-state index contributed by atoms with van der Waals surface area (Å²) in [4.78, 5) is 25.7. The third-order valence-electron chi connectivity index (χ3n) is 4.22. The van der Waals surface area contributed by atoms with Crippen molar-refractivity contribution in [3.05, 3.63) is 77.6 Å². The Morgan fingerprint density at radius 2 is 2.00 bits per heavy atom. The van der Waals surface area contributed by atoms with Crippen LogP contribution in [0.3, 0.4) is 0 Å². The lowest BCUT2D eigenvalue weighted by molar-refractivity contribution is -0.116. The molecule has 0 aliphatic rings. The van der Waals surface area contributed by atoms with E-state index in [2.05, 4.69) is 15.7 Å². The van der Waals surface area contributed by atoms with Crippen LogP contribution in [-0.2, 0) is 17.9 Å². The van der Waals surface area contributed by atoms with E-state index in [1.807, 2.05) is 55.6 Å². The Morgan fingerprint density at radius 1 is 1.14 bits per heavy atom. The van der Waals surface area contributed by atoms with Gasteiger partial charge in [0.25, 0.3) is 5.91 Å². The molecule has 2 aromatic carbocycles. The van der Waals surface area contributed by atoms with Crippen LogP contribution in [0.4, 0.5) is 5.69 Å². The van der Waals surface area contributed by atoms with Gasteiger partial charge in [0, 0.05) is 35.1 Å². The summed E-state index contributed by atoms with van der Waals surface area (Å²) in [6.07, 6.45) is 5.35. The lowest BCUT2D eigenvalue weighted by Gasteiger charge is -2.11. The zero-order valence-corrected chi connectivity index (χ0v) is 16.6. The van der Waals surface area contributed by atoms with E-state index in [0.29, 0.717) is 17.8 Å². The Kier molecular flexibility index (Phi) is 6.49. The fourth-order valence-electron chi connectivity index (χ4n) is 2.75. The van der Waals surface area contributed by atoms with E-state index in [9.17, 15) is 9.59 Å². The number of hydrogen-bond acceptors (Lipinski definition) is 4. The van der Waals surface area contributed by atoms with E-state index in [1.54, 1.807) is 34.9 Å². The summed E-state index contributed by atoms with van der Waals surface area (Å²) in [6, 6.07) is 15.1. The summed E-state index contributed by atoms with van der Waals surface area (Å²) < 4.78 is 1.56. The summed E-state index contributed by atoms with van der Waals surface area (Å²) in [6.45, 7) is 2.46. The monoisotopic (exact) mass is 394 g/mol. The number of rotatable bonds is 7. The Balaban J connectivity index is 1.60. The van der Waals surface area contributed by atoms with Gasteiger partial charge in [-0.2, -0.15) is 5.10 Å². The lowest BCUT2D eigenvalue weighted by atomic mass is 10.1. The van der Waals surface area contributed by atoms with Gasteiger partial charge in [-0.05, 0) is 54.6 Å². The Labute approximate surface area is 168 Å². The van der Waals surface area contributed by atoms with Gasteiger partial charge in [-0.15, -0.1) is 11.8 Å². The SMILES string of the molecule is CSc1ccc(C)c(C(=O)NCc2cccc(NC(=O)Cn3cccn3)c2)c1. The van der Waals surface area contributed by atoms with Crippen molar-refractivity contribution in [2.45, 2.75) is 24.9 Å². The molecule has 2 N–H and O–H groups in total. The van der Waals surface area contributed by atoms with E-state index >= 15 is 0 Å². The number of amides is 2. The highest BCUT2D eigenvalue weighted by Gasteiger charge is 2.10. The fourth-order valence-corrected chi connectivity index (χ4v) is 3.19. The number of nitrogens with one attached hydrogen (secondary N) is 2. The van der Waals surface area contributed by atoms with Crippen molar-refractivity contribution in [1.82, 2.24) is 15.1 Å². The highest BCUT2D eigenvalue weighted by atomic mass is 32.2. The molecular formula is C21H22N4O2S. The molecule has 0 radical (unpaired) electrons. The van der Waals surface area contributed by atoms with Crippen molar-refractivity contribution < 1.29 is 9.59 Å². The van der Waals surface area contributed by atoms with Gasteiger partial charge in [0.1, 0.15) is 6.54 Å². The van der Waals surface area contributed by atoms with Gasteiger partial charge in [-0.3, -0.25) is 14.3 Å². The quantitative estimate of drug-likeness (QED) is 0.602. The van der Waals surface area contributed by atoms with Crippen LogP contribution < -0.4 is 10.6 Å². The van der Waals surface area contributed by atoms with E-state index in [-0.39, 0.29) is 18.4 Å². The molecule has 144 valence electrons. The van der Waals surface area contributed by atoms with Crippen LogP contribution in [0.15, 0.2) is 65.8 Å².